The van der Waals surface area contributed by atoms with E-state index in [1.807, 2.05) is 0 Å². The Morgan fingerprint density at radius 2 is 1.71 bits per heavy atom. The van der Waals surface area contributed by atoms with Crippen molar-refractivity contribution in [2.45, 2.75) is 19.2 Å². The number of nitrogens with zero attached hydrogens (tertiary/aromatic N) is 5. The number of halogens is 4. The Morgan fingerprint density at radius 1 is 1.05 bits per heavy atom. The standard InChI is InChI=1S/C28H26F4N6O4/c1-16(24(33)39)23-15-38(27(41)42-23)18-6-7-19(22(29)12-18)17-13-34-26(35-14-17)37-10-8-36(9-11-37)25(40)20-4-2-3-5-21(20)28(30,31)32/h2-7,12-14,16,23H,8-11,15H2,1H3,(H2,33,39)/t16-,23?/m0/s1. The maximum Gasteiger partial charge on any atom is 0.417 e. The van der Waals surface area contributed by atoms with Crippen LogP contribution in [0.3, 0.4) is 0 Å². The number of ether oxygens (including phenoxy) is 1. The van der Waals surface area contributed by atoms with Crippen LogP contribution >= 0.6 is 0 Å². The number of piperazine rings is 1. The molecule has 0 bridgehead atoms. The summed E-state index contributed by atoms with van der Waals surface area (Å²) < 4.78 is 60.4. The Morgan fingerprint density at radius 3 is 2.33 bits per heavy atom. The van der Waals surface area contributed by atoms with E-state index in [1.54, 1.807) is 11.8 Å². The Balaban J connectivity index is 1.23. The van der Waals surface area contributed by atoms with Gasteiger partial charge in [0.25, 0.3) is 5.91 Å². The Labute approximate surface area is 237 Å². The molecular formula is C28H26F4N6O4. The molecule has 42 heavy (non-hydrogen) atoms. The van der Waals surface area contributed by atoms with Crippen LogP contribution in [0.5, 0.6) is 0 Å². The molecular weight excluding hydrogens is 560 g/mol. The minimum atomic E-state index is -4.64. The van der Waals surface area contributed by atoms with Gasteiger partial charge in [-0.15, -0.1) is 0 Å². The number of benzene rings is 2. The number of cyclic esters (lactones) is 1. The number of amides is 3. The van der Waals surface area contributed by atoms with Gasteiger partial charge in [0, 0.05) is 49.7 Å². The van der Waals surface area contributed by atoms with Crippen molar-refractivity contribution in [3.63, 3.8) is 0 Å². The molecule has 0 saturated carbocycles. The molecule has 5 rings (SSSR count). The lowest BCUT2D eigenvalue weighted by Crippen LogP contribution is -2.49. The van der Waals surface area contributed by atoms with Gasteiger partial charge in [-0.2, -0.15) is 13.2 Å². The topological polar surface area (TPSA) is 122 Å². The highest BCUT2D eigenvalue weighted by Gasteiger charge is 2.38. The average Bonchev–Trinajstić information content (AvgIpc) is 3.37. The van der Waals surface area contributed by atoms with Crippen molar-refractivity contribution in [2.24, 2.45) is 11.7 Å². The molecule has 3 amide bonds. The van der Waals surface area contributed by atoms with Gasteiger partial charge in [0.2, 0.25) is 11.9 Å². The molecule has 2 atom stereocenters. The normalized spacial score (nSPS) is 18.2. The number of carbonyl (C=O) groups is 3. The van der Waals surface area contributed by atoms with E-state index in [0.29, 0.717) is 24.6 Å². The van der Waals surface area contributed by atoms with Gasteiger partial charge in [0.1, 0.15) is 11.9 Å². The van der Waals surface area contributed by atoms with Gasteiger partial charge >= 0.3 is 12.3 Å². The molecule has 2 saturated heterocycles. The fraction of sp³-hybridized carbons (Fsp3) is 0.321. The maximum atomic E-state index is 15.1. The van der Waals surface area contributed by atoms with Crippen LogP contribution in [0, 0.1) is 11.7 Å². The highest BCUT2D eigenvalue weighted by Crippen LogP contribution is 2.33. The second kappa shape index (κ2) is 11.3. The lowest BCUT2D eigenvalue weighted by Gasteiger charge is -2.35. The summed E-state index contributed by atoms with van der Waals surface area (Å²) in [6.45, 7) is 2.53. The van der Waals surface area contributed by atoms with Gasteiger partial charge in [-0.3, -0.25) is 14.5 Å². The second-order valence-electron chi connectivity index (χ2n) is 9.98. The van der Waals surface area contributed by atoms with Crippen LogP contribution in [-0.2, 0) is 15.7 Å². The number of carbonyl (C=O) groups excluding carboxylic acids is 3. The predicted molar refractivity (Wildman–Crippen MR) is 143 cm³/mol. The van der Waals surface area contributed by atoms with Crippen molar-refractivity contribution < 1.29 is 36.7 Å². The molecule has 2 N–H and O–H groups in total. The fourth-order valence-corrected chi connectivity index (χ4v) is 4.87. The van der Waals surface area contributed by atoms with Crippen molar-refractivity contribution in [1.82, 2.24) is 14.9 Å². The van der Waals surface area contributed by atoms with Crippen molar-refractivity contribution in [2.75, 3.05) is 42.5 Å². The zero-order valence-corrected chi connectivity index (χ0v) is 22.3. The van der Waals surface area contributed by atoms with E-state index < -0.39 is 53.0 Å². The van der Waals surface area contributed by atoms with E-state index in [2.05, 4.69) is 9.97 Å². The van der Waals surface area contributed by atoms with E-state index in [0.717, 1.165) is 6.07 Å². The van der Waals surface area contributed by atoms with Gasteiger partial charge < -0.3 is 20.3 Å². The van der Waals surface area contributed by atoms with Gasteiger partial charge in [0.15, 0.2) is 0 Å². The first-order valence-electron chi connectivity index (χ1n) is 13.0. The third kappa shape index (κ3) is 5.69. The van der Waals surface area contributed by atoms with Crippen molar-refractivity contribution in [3.8, 4) is 11.1 Å². The second-order valence-corrected chi connectivity index (χ2v) is 9.98. The lowest BCUT2D eigenvalue weighted by molar-refractivity contribution is -0.138. The van der Waals surface area contributed by atoms with Gasteiger partial charge in [0.05, 0.1) is 29.3 Å². The van der Waals surface area contributed by atoms with Gasteiger partial charge in [-0.1, -0.05) is 12.1 Å². The number of primary amides is 1. The molecule has 3 heterocycles. The maximum absolute atomic E-state index is 15.1. The highest BCUT2D eigenvalue weighted by atomic mass is 19.4. The molecule has 0 radical (unpaired) electrons. The number of nitrogens with two attached hydrogens (primary N) is 1. The third-order valence-electron chi connectivity index (χ3n) is 7.37. The number of hydrogen-bond donors (Lipinski definition) is 1. The molecule has 3 aromatic rings. The SMILES string of the molecule is C[C@H](C(N)=O)C1CN(c2ccc(-c3cnc(N4CCN(C(=O)c5ccccc5C(F)(F)F)CC4)nc3)c(F)c2)C(=O)O1. The van der Waals surface area contributed by atoms with E-state index in [-0.39, 0.29) is 30.9 Å². The first-order chi connectivity index (χ1) is 19.9. The summed E-state index contributed by atoms with van der Waals surface area (Å²) in [5, 5.41) is 0. The molecule has 14 heteroatoms. The monoisotopic (exact) mass is 586 g/mol. The first kappa shape index (κ1) is 28.8. The Kier molecular flexibility index (Phi) is 7.71. The van der Waals surface area contributed by atoms with Crippen molar-refractivity contribution in [3.05, 3.63) is 71.8 Å². The average molecular weight is 587 g/mol. The van der Waals surface area contributed by atoms with Crippen LogP contribution < -0.4 is 15.5 Å². The molecule has 2 aliphatic rings. The minimum Gasteiger partial charge on any atom is -0.443 e. The molecule has 0 spiro atoms. The van der Waals surface area contributed by atoms with Crippen LogP contribution in [0.25, 0.3) is 11.1 Å². The van der Waals surface area contributed by atoms with Crippen LogP contribution in [0.1, 0.15) is 22.8 Å². The summed E-state index contributed by atoms with van der Waals surface area (Å²) in [7, 11) is 0. The Bertz CT molecular complexity index is 1510. The predicted octanol–water partition coefficient (Wildman–Crippen LogP) is 3.71. The quantitative estimate of drug-likeness (QED) is 0.437. The number of rotatable bonds is 6. The zero-order valence-electron chi connectivity index (χ0n) is 22.3. The molecule has 1 aromatic heterocycles. The molecule has 0 aliphatic carbocycles. The summed E-state index contributed by atoms with van der Waals surface area (Å²) in [5.74, 6) is -2.31. The summed E-state index contributed by atoms with van der Waals surface area (Å²) in [6.07, 6.45) is -3.22. The first-order valence-corrected chi connectivity index (χ1v) is 13.0. The van der Waals surface area contributed by atoms with Crippen LogP contribution in [-0.4, -0.2) is 71.6 Å². The Hall–Kier alpha value is -4.75. The van der Waals surface area contributed by atoms with Gasteiger partial charge in [-0.05, 0) is 37.3 Å². The number of hydrogen-bond acceptors (Lipinski definition) is 7. The molecule has 2 fully saturated rings. The molecule has 2 aliphatic heterocycles. The number of alkyl halides is 3. The van der Waals surface area contributed by atoms with E-state index in [4.69, 9.17) is 10.5 Å². The summed E-state index contributed by atoms with van der Waals surface area (Å²) in [6, 6.07) is 8.89. The molecule has 10 nitrogen and oxygen atoms in total. The largest absolute Gasteiger partial charge is 0.443 e. The summed E-state index contributed by atoms with van der Waals surface area (Å²) >= 11 is 0. The zero-order chi connectivity index (χ0) is 30.2. The van der Waals surface area contributed by atoms with Crippen LogP contribution in [0.4, 0.5) is 34.0 Å². The van der Waals surface area contributed by atoms with Crippen LogP contribution in [0.15, 0.2) is 54.9 Å². The third-order valence-corrected chi connectivity index (χ3v) is 7.37. The minimum absolute atomic E-state index is 0.0488. The van der Waals surface area contributed by atoms with Crippen molar-refractivity contribution in [1.29, 1.82) is 0 Å². The van der Waals surface area contributed by atoms with E-state index in [9.17, 15) is 27.6 Å². The number of aromatic nitrogens is 2. The highest BCUT2D eigenvalue weighted by molar-refractivity contribution is 5.96. The fourth-order valence-electron chi connectivity index (χ4n) is 4.87. The van der Waals surface area contributed by atoms with Crippen molar-refractivity contribution >= 4 is 29.5 Å². The van der Waals surface area contributed by atoms with E-state index >= 15 is 4.39 Å². The summed E-state index contributed by atoms with van der Waals surface area (Å²) in [4.78, 5) is 49.6. The smallest absolute Gasteiger partial charge is 0.417 e. The van der Waals surface area contributed by atoms with E-state index in [1.165, 1.54) is 58.6 Å². The lowest BCUT2D eigenvalue weighted by atomic mass is 10.0. The molecule has 1 unspecified atom stereocenters. The molecule has 2 aromatic carbocycles. The van der Waals surface area contributed by atoms with Gasteiger partial charge in [-0.25, -0.2) is 19.2 Å². The van der Waals surface area contributed by atoms with Crippen LogP contribution in [0.2, 0.25) is 0 Å². The number of anilines is 2. The summed E-state index contributed by atoms with van der Waals surface area (Å²) in [5.41, 5.74) is 4.75. The molecule has 220 valence electrons.